The van der Waals surface area contributed by atoms with Crippen molar-refractivity contribution < 1.29 is 9.90 Å². The maximum atomic E-state index is 13.8. The Morgan fingerprint density at radius 1 is 0.975 bits per heavy atom. The molecule has 0 saturated heterocycles. The number of nitrogens with zero attached hydrogens (tertiary/aromatic N) is 2. The molecule has 208 valence electrons. The summed E-state index contributed by atoms with van der Waals surface area (Å²) in [4.78, 5) is 18.8. The fraction of sp³-hybridized carbons (Fsp3) is 0.429. The van der Waals surface area contributed by atoms with Gasteiger partial charge in [0.05, 0.1) is 18.6 Å². The molecule has 0 bridgehead atoms. The summed E-state index contributed by atoms with van der Waals surface area (Å²) in [7, 11) is 0. The van der Waals surface area contributed by atoms with Gasteiger partial charge in [-0.05, 0) is 92.2 Å². The average Bonchev–Trinajstić information content (AvgIpc) is 3.60. The molecule has 0 spiro atoms. The van der Waals surface area contributed by atoms with E-state index in [1.54, 1.807) is 0 Å². The third-order valence-corrected chi connectivity index (χ3v) is 9.18. The number of aromatic nitrogens is 2. The van der Waals surface area contributed by atoms with Crippen molar-refractivity contribution in [3.8, 4) is 0 Å². The van der Waals surface area contributed by atoms with E-state index in [0.717, 1.165) is 54.7 Å². The highest BCUT2D eigenvalue weighted by atomic mass is 16.3. The molecule has 40 heavy (non-hydrogen) atoms. The molecule has 1 fully saturated rings. The topological polar surface area (TPSA) is 67.2 Å². The van der Waals surface area contributed by atoms with Crippen LogP contribution in [-0.4, -0.2) is 27.2 Å². The Hall–Kier alpha value is -3.44. The van der Waals surface area contributed by atoms with E-state index in [9.17, 15) is 9.90 Å². The second kappa shape index (κ2) is 11.6. The highest BCUT2D eigenvalue weighted by Gasteiger charge is 2.33. The zero-order valence-electron chi connectivity index (χ0n) is 23.8. The normalized spacial score (nSPS) is 17.1. The molecule has 2 aliphatic rings. The van der Waals surface area contributed by atoms with Gasteiger partial charge in [-0.3, -0.25) is 4.79 Å². The number of aliphatic hydroxyl groups is 1. The minimum Gasteiger partial charge on any atom is -0.394 e. The van der Waals surface area contributed by atoms with Crippen molar-refractivity contribution in [2.24, 2.45) is 5.92 Å². The van der Waals surface area contributed by atoms with Crippen molar-refractivity contribution in [3.63, 3.8) is 0 Å². The van der Waals surface area contributed by atoms with E-state index in [-0.39, 0.29) is 18.4 Å². The Morgan fingerprint density at radius 2 is 1.70 bits per heavy atom. The van der Waals surface area contributed by atoms with Crippen molar-refractivity contribution in [2.45, 2.75) is 83.7 Å². The summed E-state index contributed by atoms with van der Waals surface area (Å²) in [5, 5.41) is 14.6. The van der Waals surface area contributed by atoms with E-state index in [1.807, 2.05) is 30.3 Å². The molecule has 0 aliphatic heterocycles. The summed E-state index contributed by atoms with van der Waals surface area (Å²) in [5.41, 5.74) is 9.70. The number of aryl methyl sites for hydroxylation is 3. The molecular weight excluding hydrogens is 494 g/mol. The maximum absolute atomic E-state index is 13.8. The fourth-order valence-electron chi connectivity index (χ4n) is 7.26. The number of nitrogens with one attached hydrogen (secondary N) is 1. The predicted octanol–water partition coefficient (Wildman–Crippen LogP) is 6.70. The van der Waals surface area contributed by atoms with Crippen LogP contribution in [0.1, 0.15) is 89.7 Å². The molecule has 2 heterocycles. The number of benzene rings is 2. The van der Waals surface area contributed by atoms with Gasteiger partial charge >= 0.3 is 0 Å². The van der Waals surface area contributed by atoms with Crippen molar-refractivity contribution in [1.29, 1.82) is 0 Å². The Labute approximate surface area is 237 Å². The van der Waals surface area contributed by atoms with Crippen LogP contribution >= 0.6 is 0 Å². The minimum atomic E-state index is -0.399. The van der Waals surface area contributed by atoms with E-state index in [0.29, 0.717) is 5.92 Å². The van der Waals surface area contributed by atoms with Crippen LogP contribution in [-0.2, 0) is 24.2 Å². The van der Waals surface area contributed by atoms with E-state index in [2.05, 4.69) is 54.1 Å². The first-order valence-electron chi connectivity index (χ1n) is 15.1. The zero-order valence-corrected chi connectivity index (χ0v) is 23.8. The zero-order chi connectivity index (χ0) is 27.6. The van der Waals surface area contributed by atoms with Gasteiger partial charge in [0.15, 0.2) is 0 Å². The van der Waals surface area contributed by atoms with Gasteiger partial charge in [0.2, 0.25) is 5.91 Å². The lowest BCUT2D eigenvalue weighted by Gasteiger charge is -2.26. The highest BCUT2D eigenvalue weighted by molar-refractivity contribution is 5.86. The second-order valence-corrected chi connectivity index (χ2v) is 11.9. The predicted molar refractivity (Wildman–Crippen MR) is 161 cm³/mol. The molecule has 1 saturated carbocycles. The van der Waals surface area contributed by atoms with Crippen LogP contribution in [0.15, 0.2) is 60.7 Å². The molecule has 5 heteroatoms. The lowest BCUT2D eigenvalue weighted by atomic mass is 9.83. The number of hydrogen-bond acceptors (Lipinski definition) is 3. The molecule has 2 aliphatic carbocycles. The quantitative estimate of drug-likeness (QED) is 0.264. The minimum absolute atomic E-state index is 0.0168. The largest absolute Gasteiger partial charge is 0.394 e. The first-order valence-corrected chi connectivity index (χ1v) is 15.1. The smallest absolute Gasteiger partial charge is 0.228 e. The molecule has 1 amide bonds. The van der Waals surface area contributed by atoms with E-state index < -0.39 is 6.04 Å². The van der Waals surface area contributed by atoms with Crippen LogP contribution in [0.5, 0.6) is 0 Å². The fourth-order valence-corrected chi connectivity index (χ4v) is 7.26. The van der Waals surface area contributed by atoms with Crippen LogP contribution < -0.4 is 5.32 Å². The number of hydrogen-bond donors (Lipinski definition) is 2. The summed E-state index contributed by atoms with van der Waals surface area (Å²) in [6, 6.07) is 20.3. The molecule has 2 atom stereocenters. The van der Waals surface area contributed by atoms with Gasteiger partial charge in [-0.15, -0.1) is 0 Å². The number of carbonyl (C=O) groups is 1. The standard InChI is InChI=1S/C35H41N3O2/c1-23-20-24(2)36-34-32(23)29-14-8-9-15-31(29)38(34)21-25-16-18-28(19-17-25)33(27-12-6-7-13-27)35(40)37-30(22-39)26-10-4-3-5-11-26/h3-5,10-11,16-20,27,30,33,39H,6-9,12-15,21-22H2,1-2H3,(H,37,40)/t30-,33+/m0/s1. The Morgan fingerprint density at radius 3 is 2.42 bits per heavy atom. The molecule has 2 aromatic carbocycles. The van der Waals surface area contributed by atoms with E-state index in [1.165, 1.54) is 53.5 Å². The lowest BCUT2D eigenvalue weighted by Crippen LogP contribution is -2.37. The number of amides is 1. The highest BCUT2D eigenvalue weighted by Crippen LogP contribution is 2.39. The van der Waals surface area contributed by atoms with Crippen molar-refractivity contribution in [3.05, 3.63) is 99.9 Å². The Bertz CT molecular complexity index is 1480. The number of carbonyl (C=O) groups excluding carboxylic acids is 1. The summed E-state index contributed by atoms with van der Waals surface area (Å²) >= 11 is 0. The molecule has 4 aromatic rings. The summed E-state index contributed by atoms with van der Waals surface area (Å²) in [6.45, 7) is 4.99. The number of pyridine rings is 1. The van der Waals surface area contributed by atoms with Crippen molar-refractivity contribution in [2.75, 3.05) is 6.61 Å². The number of rotatable bonds is 8. The number of aliphatic hydroxyl groups excluding tert-OH is 1. The van der Waals surface area contributed by atoms with Crippen LogP contribution in [0.25, 0.3) is 11.0 Å². The van der Waals surface area contributed by atoms with Gasteiger partial charge in [0.1, 0.15) is 5.65 Å². The van der Waals surface area contributed by atoms with E-state index in [4.69, 9.17) is 4.98 Å². The molecule has 5 nitrogen and oxygen atoms in total. The van der Waals surface area contributed by atoms with Crippen LogP contribution in [0.3, 0.4) is 0 Å². The average molecular weight is 536 g/mol. The molecule has 0 unspecified atom stereocenters. The summed E-state index contributed by atoms with van der Waals surface area (Å²) in [6.07, 6.45) is 9.22. The molecule has 0 radical (unpaired) electrons. The lowest BCUT2D eigenvalue weighted by molar-refractivity contribution is -0.124. The van der Waals surface area contributed by atoms with Gasteiger partial charge < -0.3 is 15.0 Å². The maximum Gasteiger partial charge on any atom is 0.228 e. The Balaban J connectivity index is 1.28. The Kier molecular flexibility index (Phi) is 7.75. The van der Waals surface area contributed by atoms with Gasteiger partial charge in [-0.2, -0.15) is 0 Å². The third kappa shape index (κ3) is 5.19. The second-order valence-electron chi connectivity index (χ2n) is 11.9. The van der Waals surface area contributed by atoms with E-state index >= 15 is 0 Å². The van der Waals surface area contributed by atoms with Crippen LogP contribution in [0, 0.1) is 19.8 Å². The van der Waals surface area contributed by atoms with Crippen molar-refractivity contribution >= 4 is 16.9 Å². The monoisotopic (exact) mass is 535 g/mol. The van der Waals surface area contributed by atoms with Gasteiger partial charge in [-0.25, -0.2) is 4.98 Å². The molecular formula is C35H41N3O2. The van der Waals surface area contributed by atoms with Gasteiger partial charge in [0.25, 0.3) is 0 Å². The third-order valence-electron chi connectivity index (χ3n) is 9.18. The number of fused-ring (bicyclic) bond motifs is 3. The van der Waals surface area contributed by atoms with Gasteiger partial charge in [0, 0.05) is 23.3 Å². The molecule has 2 aromatic heterocycles. The van der Waals surface area contributed by atoms with Crippen LogP contribution in [0.2, 0.25) is 0 Å². The first kappa shape index (κ1) is 26.8. The SMILES string of the molecule is Cc1cc(C)c2c3c(n(Cc4ccc([C@H](C(=O)N[C@@H](CO)c5ccccc5)C5CCCC5)cc4)c2n1)CCCC3. The van der Waals surface area contributed by atoms with Crippen LogP contribution in [0.4, 0.5) is 0 Å². The first-order chi connectivity index (χ1) is 19.5. The molecule has 6 rings (SSSR count). The van der Waals surface area contributed by atoms with Gasteiger partial charge in [-0.1, -0.05) is 67.4 Å². The van der Waals surface area contributed by atoms with Crippen molar-refractivity contribution in [1.82, 2.24) is 14.9 Å². The summed E-state index contributed by atoms with van der Waals surface area (Å²) in [5.74, 6) is 0.140. The summed E-state index contributed by atoms with van der Waals surface area (Å²) < 4.78 is 2.45. The molecule has 2 N–H and O–H groups in total.